The van der Waals surface area contributed by atoms with E-state index in [0.717, 1.165) is 0 Å². The molecular weight excluding hydrogens is 471 g/mol. The summed E-state index contributed by atoms with van der Waals surface area (Å²) in [6.07, 6.45) is -4.14. The minimum atomic E-state index is -4.83. The number of nitrogens with zero attached hydrogens (tertiary/aromatic N) is 2. The van der Waals surface area contributed by atoms with Crippen LogP contribution >= 0.6 is 15.9 Å². The van der Waals surface area contributed by atoms with Crippen molar-refractivity contribution < 1.29 is 30.4 Å². The van der Waals surface area contributed by atoms with E-state index < -0.39 is 43.9 Å². The van der Waals surface area contributed by atoms with E-state index in [-0.39, 0.29) is 11.3 Å². The normalized spacial score (nSPS) is 12.4. The largest absolute Gasteiger partial charge is 0.435 e. The zero-order chi connectivity index (χ0) is 20.9. The van der Waals surface area contributed by atoms with Crippen LogP contribution in [0.3, 0.4) is 0 Å². The molecular formula is C17H10BrF5N2O2S. The highest BCUT2D eigenvalue weighted by atomic mass is 79.9. The molecule has 0 atom stereocenters. The molecule has 1 aromatic heterocycles. The Labute approximate surface area is 164 Å². The Morgan fingerprint density at radius 3 is 2.29 bits per heavy atom. The molecule has 0 aliphatic heterocycles. The van der Waals surface area contributed by atoms with E-state index in [1.807, 2.05) is 0 Å². The van der Waals surface area contributed by atoms with Crippen molar-refractivity contribution in [3.05, 3.63) is 64.3 Å². The third kappa shape index (κ3) is 3.95. The van der Waals surface area contributed by atoms with Crippen molar-refractivity contribution in [1.82, 2.24) is 9.78 Å². The molecule has 11 heteroatoms. The predicted molar refractivity (Wildman–Crippen MR) is 94.7 cm³/mol. The molecule has 0 unspecified atom stereocenters. The number of aromatic nitrogens is 2. The molecule has 4 nitrogen and oxygen atoms in total. The fourth-order valence-electron chi connectivity index (χ4n) is 2.52. The smallest absolute Gasteiger partial charge is 0.229 e. The topological polar surface area (TPSA) is 52.0 Å². The van der Waals surface area contributed by atoms with Crippen LogP contribution in [0.1, 0.15) is 5.69 Å². The molecule has 1 heterocycles. The summed E-state index contributed by atoms with van der Waals surface area (Å²) in [6, 6.07) is 7.75. The summed E-state index contributed by atoms with van der Waals surface area (Å²) in [5.41, 5.74) is -1.87. The Hall–Kier alpha value is -2.27. The maximum absolute atomic E-state index is 14.5. The second-order valence-electron chi connectivity index (χ2n) is 5.84. The molecule has 3 rings (SSSR count). The van der Waals surface area contributed by atoms with Crippen molar-refractivity contribution >= 4 is 25.8 Å². The van der Waals surface area contributed by atoms with Gasteiger partial charge in [0.1, 0.15) is 22.2 Å². The first-order chi connectivity index (χ1) is 12.9. The number of sulfone groups is 1. The van der Waals surface area contributed by atoms with Crippen molar-refractivity contribution in [3.63, 3.8) is 0 Å². The SMILES string of the molecule is CS(=O)(=O)c1cc(F)c(-n2nc(C(F)(F)F)cc2-c2cccc(Br)c2)cc1F. The average Bonchev–Trinajstić information content (AvgIpc) is 3.01. The van der Waals surface area contributed by atoms with Gasteiger partial charge in [0.15, 0.2) is 15.5 Å². The van der Waals surface area contributed by atoms with Crippen molar-refractivity contribution in [2.24, 2.45) is 0 Å². The Bertz CT molecular complexity index is 1170. The standard InChI is InChI=1S/C17H10BrF5N2O2S/c1-28(26,27)15-7-11(19)14(6-12(15)20)25-13(8-16(24-25)17(21,22)23)9-3-2-4-10(18)5-9/h2-8H,1H3. The minimum absolute atomic E-state index is 0.154. The lowest BCUT2D eigenvalue weighted by Crippen LogP contribution is -2.10. The molecule has 0 spiro atoms. The highest BCUT2D eigenvalue weighted by Crippen LogP contribution is 2.35. The number of halogens is 6. The van der Waals surface area contributed by atoms with Crippen molar-refractivity contribution in [2.75, 3.05) is 6.26 Å². The van der Waals surface area contributed by atoms with Crippen LogP contribution in [0.4, 0.5) is 22.0 Å². The number of alkyl halides is 3. The first-order valence-corrected chi connectivity index (χ1v) is 10.2. The Morgan fingerprint density at radius 1 is 1.04 bits per heavy atom. The summed E-state index contributed by atoms with van der Waals surface area (Å²) in [5.74, 6) is -2.54. The van der Waals surface area contributed by atoms with Gasteiger partial charge in [0, 0.05) is 22.4 Å². The Kier molecular flexibility index (Phi) is 5.09. The summed E-state index contributed by atoms with van der Waals surface area (Å²) in [6.45, 7) is 0. The van der Waals surface area contributed by atoms with Gasteiger partial charge in [-0.2, -0.15) is 18.3 Å². The molecule has 0 amide bonds. The molecule has 0 radical (unpaired) electrons. The first-order valence-electron chi connectivity index (χ1n) is 7.50. The summed E-state index contributed by atoms with van der Waals surface area (Å²) in [4.78, 5) is -0.902. The quantitative estimate of drug-likeness (QED) is 0.495. The molecule has 2 aromatic carbocycles. The fraction of sp³-hybridized carbons (Fsp3) is 0.118. The zero-order valence-electron chi connectivity index (χ0n) is 13.9. The van der Waals surface area contributed by atoms with Gasteiger partial charge in [-0.3, -0.25) is 0 Å². The van der Waals surface area contributed by atoms with Gasteiger partial charge in [0.2, 0.25) is 0 Å². The van der Waals surface area contributed by atoms with Crippen molar-refractivity contribution in [2.45, 2.75) is 11.1 Å². The van der Waals surface area contributed by atoms with Gasteiger partial charge in [0.25, 0.3) is 0 Å². The van der Waals surface area contributed by atoms with Gasteiger partial charge >= 0.3 is 6.18 Å². The van der Waals surface area contributed by atoms with Crippen LogP contribution in [0.15, 0.2) is 51.8 Å². The van der Waals surface area contributed by atoms with Crippen LogP contribution in [0.5, 0.6) is 0 Å². The number of rotatable bonds is 3. The third-order valence-electron chi connectivity index (χ3n) is 3.75. The van der Waals surface area contributed by atoms with E-state index in [9.17, 15) is 30.4 Å². The number of hydrogen-bond donors (Lipinski definition) is 0. The second-order valence-corrected chi connectivity index (χ2v) is 8.74. The number of hydrogen-bond acceptors (Lipinski definition) is 3. The fourth-order valence-corrected chi connectivity index (χ4v) is 3.65. The molecule has 0 saturated heterocycles. The number of benzene rings is 2. The Balaban J connectivity index is 2.30. The van der Waals surface area contributed by atoms with Crippen LogP contribution in [0.25, 0.3) is 16.9 Å². The summed E-state index contributed by atoms with van der Waals surface area (Å²) in [5, 5.41) is 3.37. The minimum Gasteiger partial charge on any atom is -0.229 e. The average molecular weight is 481 g/mol. The monoisotopic (exact) mass is 480 g/mol. The summed E-state index contributed by atoms with van der Waals surface area (Å²) < 4.78 is 92.5. The maximum Gasteiger partial charge on any atom is 0.435 e. The lowest BCUT2D eigenvalue weighted by Gasteiger charge is -2.11. The molecule has 3 aromatic rings. The van der Waals surface area contributed by atoms with Crippen LogP contribution in [0, 0.1) is 11.6 Å². The highest BCUT2D eigenvalue weighted by molar-refractivity contribution is 9.10. The summed E-state index contributed by atoms with van der Waals surface area (Å²) in [7, 11) is -4.07. The lowest BCUT2D eigenvalue weighted by molar-refractivity contribution is -0.141. The van der Waals surface area contributed by atoms with Gasteiger partial charge < -0.3 is 0 Å². The maximum atomic E-state index is 14.5. The molecule has 0 N–H and O–H groups in total. The van der Waals surface area contributed by atoms with E-state index in [1.54, 1.807) is 12.1 Å². The molecule has 0 saturated carbocycles. The van der Waals surface area contributed by atoms with Crippen molar-refractivity contribution in [1.29, 1.82) is 0 Å². The van der Waals surface area contributed by atoms with Crippen LogP contribution in [0.2, 0.25) is 0 Å². The van der Waals surface area contributed by atoms with E-state index in [4.69, 9.17) is 0 Å². The van der Waals surface area contributed by atoms with E-state index in [0.29, 0.717) is 33.6 Å². The third-order valence-corrected chi connectivity index (χ3v) is 5.35. The van der Waals surface area contributed by atoms with Crippen LogP contribution < -0.4 is 0 Å². The van der Waals surface area contributed by atoms with E-state index >= 15 is 0 Å². The molecule has 0 bridgehead atoms. The Morgan fingerprint density at radius 2 is 1.71 bits per heavy atom. The molecule has 0 fully saturated rings. The summed E-state index contributed by atoms with van der Waals surface area (Å²) >= 11 is 3.19. The van der Waals surface area contributed by atoms with Gasteiger partial charge in [-0.05, 0) is 24.3 Å². The highest BCUT2D eigenvalue weighted by Gasteiger charge is 2.36. The zero-order valence-corrected chi connectivity index (χ0v) is 16.3. The van der Waals surface area contributed by atoms with E-state index in [2.05, 4.69) is 21.0 Å². The molecule has 148 valence electrons. The van der Waals surface area contributed by atoms with Gasteiger partial charge in [-0.15, -0.1) is 0 Å². The first kappa shape index (κ1) is 20.5. The van der Waals surface area contributed by atoms with Gasteiger partial charge in [0.05, 0.1) is 5.69 Å². The molecule has 0 aliphatic carbocycles. The van der Waals surface area contributed by atoms with Gasteiger partial charge in [-0.1, -0.05) is 28.1 Å². The molecule has 28 heavy (non-hydrogen) atoms. The van der Waals surface area contributed by atoms with Crippen LogP contribution in [-0.2, 0) is 16.0 Å². The predicted octanol–water partition coefficient (Wildman–Crippen LogP) is 5.00. The molecule has 0 aliphatic rings. The van der Waals surface area contributed by atoms with Gasteiger partial charge in [-0.25, -0.2) is 21.9 Å². The van der Waals surface area contributed by atoms with E-state index in [1.165, 1.54) is 12.1 Å². The van der Waals surface area contributed by atoms with Crippen molar-refractivity contribution in [3.8, 4) is 16.9 Å². The second kappa shape index (κ2) is 6.96. The van der Waals surface area contributed by atoms with Crippen LogP contribution in [-0.4, -0.2) is 24.5 Å². The lowest BCUT2D eigenvalue weighted by atomic mass is 10.1.